The predicted octanol–water partition coefficient (Wildman–Crippen LogP) is 4.32. The van der Waals surface area contributed by atoms with Crippen LogP contribution in [0, 0.1) is 6.92 Å². The van der Waals surface area contributed by atoms with Crippen molar-refractivity contribution in [2.45, 2.75) is 19.9 Å². The first-order chi connectivity index (χ1) is 12.5. The van der Waals surface area contributed by atoms with Crippen LogP contribution in [0.4, 0.5) is 11.4 Å². The van der Waals surface area contributed by atoms with Crippen LogP contribution in [0.5, 0.6) is 0 Å². The van der Waals surface area contributed by atoms with E-state index in [9.17, 15) is 9.90 Å². The third-order valence-electron chi connectivity index (χ3n) is 4.66. The summed E-state index contributed by atoms with van der Waals surface area (Å²) in [7, 11) is 0. The van der Waals surface area contributed by atoms with E-state index in [4.69, 9.17) is 11.6 Å². The maximum Gasteiger partial charge on any atom is 0.335 e. The first-order valence-corrected chi connectivity index (χ1v) is 8.66. The number of hydrogen-bond acceptors (Lipinski definition) is 4. The quantitative estimate of drug-likeness (QED) is 0.729. The molecule has 2 aromatic carbocycles. The highest BCUT2D eigenvalue weighted by Gasteiger charge is 2.28. The van der Waals surface area contributed by atoms with E-state index in [-0.39, 0.29) is 11.6 Å². The van der Waals surface area contributed by atoms with Crippen LogP contribution in [-0.2, 0) is 0 Å². The van der Waals surface area contributed by atoms with Gasteiger partial charge in [-0.05, 0) is 56.3 Å². The lowest BCUT2D eigenvalue weighted by molar-refractivity contribution is 0.0697. The molecule has 26 heavy (non-hydrogen) atoms. The predicted molar refractivity (Wildman–Crippen MR) is 100 cm³/mol. The standard InChI is InChI=1S/C19H17ClN4O2/c1-11-10-23(15-6-4-14(20)5-7-15)17-9-13(19(25)26)3-8-16(17)18-12(2)21-22-24(11)18/h3-9,11H,10H2,1-2H3,(H,25,26). The molecule has 1 aliphatic heterocycles. The minimum Gasteiger partial charge on any atom is -0.478 e. The van der Waals surface area contributed by atoms with E-state index in [1.165, 1.54) is 0 Å². The molecule has 0 saturated carbocycles. The van der Waals surface area contributed by atoms with Crippen LogP contribution in [-0.4, -0.2) is 32.6 Å². The Bertz CT molecular complexity index is 997. The molecule has 6 nitrogen and oxygen atoms in total. The summed E-state index contributed by atoms with van der Waals surface area (Å²) < 4.78 is 1.91. The number of carbonyl (C=O) groups is 1. The Morgan fingerprint density at radius 2 is 1.96 bits per heavy atom. The summed E-state index contributed by atoms with van der Waals surface area (Å²) >= 11 is 6.04. The number of aromatic nitrogens is 3. The number of carboxylic acid groups (broad SMARTS) is 1. The molecule has 0 spiro atoms. The molecule has 0 fully saturated rings. The minimum absolute atomic E-state index is 0.0579. The number of benzene rings is 2. The Morgan fingerprint density at radius 1 is 1.23 bits per heavy atom. The minimum atomic E-state index is -0.954. The summed E-state index contributed by atoms with van der Waals surface area (Å²) in [4.78, 5) is 13.6. The topological polar surface area (TPSA) is 71.2 Å². The molecule has 1 atom stereocenters. The second kappa shape index (κ2) is 6.14. The van der Waals surface area contributed by atoms with Gasteiger partial charge in [-0.25, -0.2) is 9.48 Å². The van der Waals surface area contributed by atoms with Crippen molar-refractivity contribution in [2.24, 2.45) is 0 Å². The molecule has 0 bridgehead atoms. The van der Waals surface area contributed by atoms with Gasteiger partial charge in [0.25, 0.3) is 0 Å². The van der Waals surface area contributed by atoms with E-state index in [2.05, 4.69) is 22.1 Å². The van der Waals surface area contributed by atoms with E-state index in [1.807, 2.05) is 41.9 Å². The monoisotopic (exact) mass is 368 g/mol. The average Bonchev–Trinajstić information content (AvgIpc) is 2.95. The number of halogens is 1. The number of fused-ring (bicyclic) bond motifs is 3. The van der Waals surface area contributed by atoms with Gasteiger partial charge in [-0.15, -0.1) is 5.10 Å². The Labute approximate surface area is 155 Å². The lowest BCUT2D eigenvalue weighted by Gasteiger charge is -2.27. The van der Waals surface area contributed by atoms with Crippen molar-refractivity contribution in [3.05, 3.63) is 58.7 Å². The number of aryl methyl sites for hydroxylation is 1. The Balaban J connectivity index is 1.98. The summed E-state index contributed by atoms with van der Waals surface area (Å²) in [6.45, 7) is 4.62. The molecule has 4 rings (SSSR count). The van der Waals surface area contributed by atoms with Gasteiger partial charge >= 0.3 is 5.97 Å². The fourth-order valence-electron chi connectivity index (χ4n) is 3.39. The lowest BCUT2D eigenvalue weighted by Crippen LogP contribution is -2.24. The van der Waals surface area contributed by atoms with E-state index in [0.29, 0.717) is 11.6 Å². The van der Waals surface area contributed by atoms with E-state index >= 15 is 0 Å². The Kier molecular flexibility index (Phi) is 3.92. The highest BCUT2D eigenvalue weighted by molar-refractivity contribution is 6.30. The number of nitrogens with zero attached hydrogens (tertiary/aromatic N) is 4. The SMILES string of the molecule is Cc1nnn2c1-c1ccc(C(=O)O)cc1N(c1ccc(Cl)cc1)CC2C. The highest BCUT2D eigenvalue weighted by Crippen LogP contribution is 2.41. The molecule has 0 radical (unpaired) electrons. The van der Waals surface area contributed by atoms with Crippen LogP contribution in [0.3, 0.4) is 0 Å². The molecule has 0 amide bonds. The van der Waals surface area contributed by atoms with Crippen molar-refractivity contribution in [1.82, 2.24) is 15.0 Å². The second-order valence-electron chi connectivity index (χ2n) is 6.44. The van der Waals surface area contributed by atoms with Crippen LogP contribution < -0.4 is 4.90 Å². The lowest BCUT2D eigenvalue weighted by atomic mass is 10.0. The summed E-state index contributed by atoms with van der Waals surface area (Å²) in [6.07, 6.45) is 0. The highest BCUT2D eigenvalue weighted by atomic mass is 35.5. The van der Waals surface area contributed by atoms with Crippen molar-refractivity contribution in [2.75, 3.05) is 11.4 Å². The summed E-state index contributed by atoms with van der Waals surface area (Å²) in [6, 6.07) is 12.8. The van der Waals surface area contributed by atoms with Gasteiger partial charge in [0.15, 0.2) is 0 Å². The number of aromatic carboxylic acids is 1. The normalized spacial score (nSPS) is 16.0. The fraction of sp³-hybridized carbons (Fsp3) is 0.211. The van der Waals surface area contributed by atoms with Crippen molar-refractivity contribution < 1.29 is 9.90 Å². The van der Waals surface area contributed by atoms with Gasteiger partial charge in [0, 0.05) is 22.8 Å². The second-order valence-corrected chi connectivity index (χ2v) is 6.88. The smallest absolute Gasteiger partial charge is 0.335 e. The fourth-order valence-corrected chi connectivity index (χ4v) is 3.52. The van der Waals surface area contributed by atoms with Crippen molar-refractivity contribution in [3.8, 4) is 11.3 Å². The maximum atomic E-state index is 11.5. The van der Waals surface area contributed by atoms with E-state index in [0.717, 1.165) is 28.3 Å². The zero-order chi connectivity index (χ0) is 18.4. The van der Waals surface area contributed by atoms with Crippen LogP contribution in [0.15, 0.2) is 42.5 Å². The summed E-state index contributed by atoms with van der Waals surface area (Å²) in [5.74, 6) is -0.954. The number of carboxylic acids is 1. The molecule has 0 saturated heterocycles. The molecule has 0 aliphatic carbocycles. The van der Waals surface area contributed by atoms with Gasteiger partial charge < -0.3 is 10.0 Å². The molecular formula is C19H17ClN4O2. The molecule has 132 valence electrons. The van der Waals surface area contributed by atoms with Gasteiger partial charge in [0.2, 0.25) is 0 Å². The van der Waals surface area contributed by atoms with Crippen LogP contribution >= 0.6 is 11.6 Å². The molecule has 2 heterocycles. The molecule has 1 N–H and O–H groups in total. The van der Waals surface area contributed by atoms with Gasteiger partial charge in [0.05, 0.1) is 28.7 Å². The zero-order valence-corrected chi connectivity index (χ0v) is 15.1. The Morgan fingerprint density at radius 3 is 2.65 bits per heavy atom. The van der Waals surface area contributed by atoms with Crippen LogP contribution in [0.1, 0.15) is 29.0 Å². The van der Waals surface area contributed by atoms with Gasteiger partial charge in [-0.1, -0.05) is 16.8 Å². The van der Waals surface area contributed by atoms with E-state index < -0.39 is 5.97 Å². The molecule has 1 aliphatic rings. The van der Waals surface area contributed by atoms with E-state index in [1.54, 1.807) is 12.1 Å². The number of rotatable bonds is 2. The largest absolute Gasteiger partial charge is 0.478 e. The summed E-state index contributed by atoms with van der Waals surface area (Å²) in [5.41, 5.74) is 4.66. The number of anilines is 2. The van der Waals surface area contributed by atoms with Gasteiger partial charge in [-0.3, -0.25) is 0 Å². The van der Waals surface area contributed by atoms with Crippen molar-refractivity contribution >= 4 is 28.9 Å². The third-order valence-corrected chi connectivity index (χ3v) is 4.91. The Hall–Kier alpha value is -2.86. The molecule has 7 heteroatoms. The molecule has 3 aromatic rings. The maximum absolute atomic E-state index is 11.5. The van der Waals surface area contributed by atoms with Gasteiger partial charge in [0.1, 0.15) is 0 Å². The number of hydrogen-bond donors (Lipinski definition) is 1. The van der Waals surface area contributed by atoms with Crippen molar-refractivity contribution in [1.29, 1.82) is 0 Å². The van der Waals surface area contributed by atoms with Crippen LogP contribution in [0.2, 0.25) is 5.02 Å². The third kappa shape index (κ3) is 2.63. The van der Waals surface area contributed by atoms with Crippen molar-refractivity contribution in [3.63, 3.8) is 0 Å². The summed E-state index contributed by atoms with van der Waals surface area (Å²) in [5, 5.41) is 18.6. The first kappa shape index (κ1) is 16.6. The first-order valence-electron chi connectivity index (χ1n) is 8.28. The van der Waals surface area contributed by atoms with Crippen LogP contribution in [0.25, 0.3) is 11.3 Å². The molecular weight excluding hydrogens is 352 g/mol. The molecule has 1 unspecified atom stereocenters. The van der Waals surface area contributed by atoms with Gasteiger partial charge in [-0.2, -0.15) is 0 Å². The average molecular weight is 369 g/mol. The zero-order valence-electron chi connectivity index (χ0n) is 14.3. The molecule has 1 aromatic heterocycles.